The largest absolute Gasteiger partial charge is 0.369 e. The van der Waals surface area contributed by atoms with E-state index < -0.39 is 0 Å². The summed E-state index contributed by atoms with van der Waals surface area (Å²) in [4.78, 5) is 2.26. The van der Waals surface area contributed by atoms with Crippen molar-refractivity contribution in [3.8, 4) is 6.07 Å². The average Bonchev–Trinajstić information content (AvgIpc) is 2.40. The van der Waals surface area contributed by atoms with Crippen LogP contribution < -0.4 is 10.2 Å². The van der Waals surface area contributed by atoms with Gasteiger partial charge in [-0.3, -0.25) is 0 Å². The van der Waals surface area contributed by atoms with Gasteiger partial charge in [-0.25, -0.2) is 0 Å². The van der Waals surface area contributed by atoms with Crippen LogP contribution in [0.3, 0.4) is 0 Å². The van der Waals surface area contributed by atoms with Crippen molar-refractivity contribution in [2.45, 2.75) is 33.2 Å². The summed E-state index contributed by atoms with van der Waals surface area (Å²) in [6.07, 6.45) is 1.05. The molecule has 0 heterocycles. The van der Waals surface area contributed by atoms with E-state index in [9.17, 15) is 5.26 Å². The second kappa shape index (κ2) is 7.73. The third-order valence-corrected chi connectivity index (χ3v) is 3.04. The van der Waals surface area contributed by atoms with E-state index in [1.165, 1.54) is 11.3 Å². The maximum Gasteiger partial charge on any atom is 0.113 e. The van der Waals surface area contributed by atoms with Crippen LogP contribution in [-0.2, 0) is 0 Å². The standard InChI is InChI=1S/C15H23N3/c1-4-10-17-14(11-16)12-18(5-2)15-9-7-6-8-13(15)3/h6-9,14,17H,4-5,10,12H2,1-3H3. The minimum Gasteiger partial charge on any atom is -0.369 e. The number of nitriles is 1. The fraction of sp³-hybridized carbons (Fsp3) is 0.533. The van der Waals surface area contributed by atoms with Crippen LogP contribution in [0.1, 0.15) is 25.8 Å². The number of hydrogen-bond acceptors (Lipinski definition) is 3. The second-order valence-electron chi connectivity index (χ2n) is 4.46. The number of para-hydroxylation sites is 1. The number of nitrogens with zero attached hydrogens (tertiary/aromatic N) is 2. The molecule has 0 aliphatic heterocycles. The molecule has 1 rings (SSSR count). The molecule has 0 saturated carbocycles. The van der Waals surface area contributed by atoms with Crippen LogP contribution >= 0.6 is 0 Å². The van der Waals surface area contributed by atoms with E-state index in [1.807, 2.05) is 12.1 Å². The number of hydrogen-bond donors (Lipinski definition) is 1. The summed E-state index contributed by atoms with van der Waals surface area (Å²) in [6, 6.07) is 10.6. The van der Waals surface area contributed by atoms with E-state index in [4.69, 9.17) is 0 Å². The Morgan fingerprint density at radius 3 is 2.61 bits per heavy atom. The van der Waals surface area contributed by atoms with Crippen molar-refractivity contribution in [2.24, 2.45) is 0 Å². The molecule has 1 atom stereocenters. The normalized spacial score (nSPS) is 11.9. The predicted molar refractivity (Wildman–Crippen MR) is 76.8 cm³/mol. The molecule has 98 valence electrons. The molecule has 0 aliphatic carbocycles. The molecule has 1 aromatic carbocycles. The lowest BCUT2D eigenvalue weighted by Crippen LogP contribution is -2.40. The van der Waals surface area contributed by atoms with E-state index in [0.717, 1.165) is 26.1 Å². The summed E-state index contributed by atoms with van der Waals surface area (Å²) in [7, 11) is 0. The maximum atomic E-state index is 9.17. The first-order chi connectivity index (χ1) is 8.72. The minimum atomic E-state index is -0.107. The topological polar surface area (TPSA) is 39.1 Å². The Morgan fingerprint density at radius 1 is 1.33 bits per heavy atom. The average molecular weight is 245 g/mol. The Labute approximate surface area is 110 Å². The number of anilines is 1. The van der Waals surface area contributed by atoms with Gasteiger partial charge >= 0.3 is 0 Å². The first-order valence-corrected chi connectivity index (χ1v) is 6.66. The summed E-state index contributed by atoms with van der Waals surface area (Å²) >= 11 is 0. The van der Waals surface area contributed by atoms with E-state index in [1.54, 1.807) is 0 Å². The molecule has 3 heteroatoms. The van der Waals surface area contributed by atoms with Crippen molar-refractivity contribution in [1.82, 2.24) is 5.32 Å². The van der Waals surface area contributed by atoms with Crippen LogP contribution in [0.5, 0.6) is 0 Å². The fourth-order valence-corrected chi connectivity index (χ4v) is 2.01. The first-order valence-electron chi connectivity index (χ1n) is 6.66. The Hall–Kier alpha value is -1.53. The molecular formula is C15H23N3. The highest BCUT2D eigenvalue weighted by atomic mass is 15.2. The zero-order valence-corrected chi connectivity index (χ0v) is 11.6. The highest BCUT2D eigenvalue weighted by molar-refractivity contribution is 5.53. The Morgan fingerprint density at radius 2 is 2.06 bits per heavy atom. The molecular weight excluding hydrogens is 222 g/mol. The number of nitrogens with one attached hydrogen (secondary N) is 1. The van der Waals surface area contributed by atoms with Gasteiger partial charge in [-0.15, -0.1) is 0 Å². The third kappa shape index (κ3) is 4.05. The van der Waals surface area contributed by atoms with Crippen LogP contribution in [0.15, 0.2) is 24.3 Å². The van der Waals surface area contributed by atoms with Crippen molar-refractivity contribution in [3.63, 3.8) is 0 Å². The van der Waals surface area contributed by atoms with Gasteiger partial charge in [-0.1, -0.05) is 25.1 Å². The highest BCUT2D eigenvalue weighted by Gasteiger charge is 2.13. The van der Waals surface area contributed by atoms with Crippen LogP contribution in [0.2, 0.25) is 0 Å². The van der Waals surface area contributed by atoms with Gasteiger partial charge in [0.15, 0.2) is 0 Å². The van der Waals surface area contributed by atoms with Gasteiger partial charge in [-0.05, 0) is 38.4 Å². The molecule has 0 fully saturated rings. The predicted octanol–water partition coefficient (Wildman–Crippen LogP) is 2.71. The number of aryl methyl sites for hydroxylation is 1. The third-order valence-electron chi connectivity index (χ3n) is 3.04. The summed E-state index contributed by atoms with van der Waals surface area (Å²) < 4.78 is 0. The molecule has 1 aromatic rings. The minimum absolute atomic E-state index is 0.107. The number of benzene rings is 1. The number of likely N-dealkylation sites (N-methyl/N-ethyl adjacent to an activating group) is 1. The molecule has 1 N–H and O–H groups in total. The second-order valence-corrected chi connectivity index (χ2v) is 4.46. The summed E-state index contributed by atoms with van der Waals surface area (Å²) in [5.74, 6) is 0. The molecule has 0 radical (unpaired) electrons. The zero-order valence-electron chi connectivity index (χ0n) is 11.6. The van der Waals surface area contributed by atoms with Crippen molar-refractivity contribution in [3.05, 3.63) is 29.8 Å². The Kier molecular flexibility index (Phi) is 6.24. The first kappa shape index (κ1) is 14.5. The molecule has 1 unspecified atom stereocenters. The fourth-order valence-electron chi connectivity index (χ4n) is 2.01. The van der Waals surface area contributed by atoms with Crippen LogP contribution in [-0.4, -0.2) is 25.7 Å². The van der Waals surface area contributed by atoms with Gasteiger partial charge in [0.05, 0.1) is 6.07 Å². The van der Waals surface area contributed by atoms with Gasteiger partial charge in [0.1, 0.15) is 6.04 Å². The lowest BCUT2D eigenvalue weighted by molar-refractivity contribution is 0.582. The summed E-state index contributed by atoms with van der Waals surface area (Å²) in [6.45, 7) is 8.89. The Bertz CT molecular complexity index is 395. The number of rotatable bonds is 7. The van der Waals surface area contributed by atoms with Crippen molar-refractivity contribution < 1.29 is 0 Å². The SMILES string of the molecule is CCCNC(C#N)CN(CC)c1ccccc1C. The van der Waals surface area contributed by atoms with Gasteiger partial charge in [-0.2, -0.15) is 5.26 Å². The molecule has 0 bridgehead atoms. The van der Waals surface area contributed by atoms with E-state index >= 15 is 0 Å². The van der Waals surface area contributed by atoms with Gasteiger partial charge < -0.3 is 10.2 Å². The lowest BCUT2D eigenvalue weighted by Gasteiger charge is -2.27. The van der Waals surface area contributed by atoms with Crippen LogP contribution in [0.25, 0.3) is 0 Å². The van der Waals surface area contributed by atoms with Gasteiger partial charge in [0.2, 0.25) is 0 Å². The zero-order chi connectivity index (χ0) is 13.4. The maximum absolute atomic E-state index is 9.17. The van der Waals surface area contributed by atoms with Crippen LogP contribution in [0, 0.1) is 18.3 Å². The monoisotopic (exact) mass is 245 g/mol. The molecule has 18 heavy (non-hydrogen) atoms. The molecule has 0 aromatic heterocycles. The van der Waals surface area contributed by atoms with E-state index in [0.29, 0.717) is 0 Å². The van der Waals surface area contributed by atoms with Gasteiger partial charge in [0, 0.05) is 18.8 Å². The highest BCUT2D eigenvalue weighted by Crippen LogP contribution is 2.19. The quantitative estimate of drug-likeness (QED) is 0.803. The summed E-state index contributed by atoms with van der Waals surface area (Å²) in [5, 5.41) is 12.4. The van der Waals surface area contributed by atoms with Gasteiger partial charge in [0.25, 0.3) is 0 Å². The Balaban J connectivity index is 2.72. The molecule has 3 nitrogen and oxygen atoms in total. The molecule has 0 saturated heterocycles. The molecule has 0 spiro atoms. The lowest BCUT2D eigenvalue weighted by atomic mass is 10.1. The van der Waals surface area contributed by atoms with Crippen LogP contribution in [0.4, 0.5) is 5.69 Å². The molecule has 0 aliphatic rings. The van der Waals surface area contributed by atoms with Crippen molar-refractivity contribution in [1.29, 1.82) is 5.26 Å². The van der Waals surface area contributed by atoms with Crippen molar-refractivity contribution >= 4 is 5.69 Å². The van der Waals surface area contributed by atoms with E-state index in [2.05, 4.69) is 49.2 Å². The van der Waals surface area contributed by atoms with E-state index in [-0.39, 0.29) is 6.04 Å². The van der Waals surface area contributed by atoms with Crippen molar-refractivity contribution in [2.75, 3.05) is 24.5 Å². The summed E-state index contributed by atoms with van der Waals surface area (Å²) in [5.41, 5.74) is 2.48. The smallest absolute Gasteiger partial charge is 0.113 e. The molecule has 0 amide bonds.